The summed E-state index contributed by atoms with van der Waals surface area (Å²) in [5.41, 5.74) is 2.24. The first-order valence-electron chi connectivity index (χ1n) is 7.86. The fourth-order valence-electron chi connectivity index (χ4n) is 2.42. The average molecular weight is 260 g/mol. The molecule has 1 unspecified atom stereocenters. The molecule has 0 aliphatic heterocycles. The van der Waals surface area contributed by atoms with Crippen molar-refractivity contribution >= 4 is 5.78 Å². The lowest BCUT2D eigenvalue weighted by Crippen LogP contribution is -2.14. The van der Waals surface area contributed by atoms with E-state index < -0.39 is 0 Å². The second-order valence-corrected chi connectivity index (χ2v) is 5.41. The Bertz CT molecular complexity index is 364. The van der Waals surface area contributed by atoms with Crippen molar-refractivity contribution in [1.82, 2.24) is 0 Å². The van der Waals surface area contributed by atoms with Gasteiger partial charge in [0.25, 0.3) is 0 Å². The van der Waals surface area contributed by atoms with Crippen molar-refractivity contribution in [2.75, 3.05) is 0 Å². The zero-order valence-corrected chi connectivity index (χ0v) is 12.7. The monoisotopic (exact) mass is 260 g/mol. The number of benzene rings is 1. The van der Waals surface area contributed by atoms with Gasteiger partial charge >= 0.3 is 0 Å². The molecule has 0 spiro atoms. The smallest absolute Gasteiger partial charge is 0.165 e. The highest BCUT2D eigenvalue weighted by Gasteiger charge is 2.17. The van der Waals surface area contributed by atoms with Crippen LogP contribution in [0, 0.1) is 5.92 Å². The van der Waals surface area contributed by atoms with Crippen LogP contribution in [0.5, 0.6) is 0 Å². The van der Waals surface area contributed by atoms with Crippen molar-refractivity contribution < 1.29 is 4.79 Å². The lowest BCUT2D eigenvalue weighted by atomic mass is 9.90. The van der Waals surface area contributed by atoms with Gasteiger partial charge in [-0.3, -0.25) is 4.79 Å². The van der Waals surface area contributed by atoms with E-state index in [2.05, 4.69) is 32.9 Å². The zero-order valence-electron chi connectivity index (χ0n) is 12.7. The van der Waals surface area contributed by atoms with E-state index in [1.807, 2.05) is 12.1 Å². The van der Waals surface area contributed by atoms with Gasteiger partial charge in [0.2, 0.25) is 0 Å². The van der Waals surface area contributed by atoms with Crippen LogP contribution in [-0.4, -0.2) is 5.78 Å². The number of ketones is 1. The fraction of sp³-hybridized carbons (Fsp3) is 0.611. The van der Waals surface area contributed by atoms with E-state index in [1.54, 1.807) is 0 Å². The molecular formula is C18H28O. The van der Waals surface area contributed by atoms with Crippen LogP contribution in [0.1, 0.15) is 75.2 Å². The van der Waals surface area contributed by atoms with Crippen LogP contribution in [0.3, 0.4) is 0 Å². The van der Waals surface area contributed by atoms with Gasteiger partial charge in [0.15, 0.2) is 5.78 Å². The van der Waals surface area contributed by atoms with Crippen LogP contribution in [0.25, 0.3) is 0 Å². The molecule has 106 valence electrons. The highest BCUT2D eigenvalue weighted by molar-refractivity contribution is 5.97. The normalized spacial score (nSPS) is 12.4. The van der Waals surface area contributed by atoms with E-state index in [0.717, 1.165) is 31.2 Å². The molecule has 0 amide bonds. The minimum absolute atomic E-state index is 0.210. The molecule has 0 aromatic heterocycles. The molecule has 1 rings (SSSR count). The third-order valence-electron chi connectivity index (χ3n) is 3.83. The molecule has 0 heterocycles. The lowest BCUT2D eigenvalue weighted by Gasteiger charge is -2.13. The van der Waals surface area contributed by atoms with Gasteiger partial charge in [-0.25, -0.2) is 0 Å². The van der Waals surface area contributed by atoms with Crippen LogP contribution in [-0.2, 0) is 6.42 Å². The Labute approximate surface area is 118 Å². The number of aryl methyl sites for hydroxylation is 1. The summed E-state index contributed by atoms with van der Waals surface area (Å²) < 4.78 is 0. The Morgan fingerprint density at radius 3 is 2.16 bits per heavy atom. The average Bonchev–Trinajstić information content (AvgIpc) is 2.46. The van der Waals surface area contributed by atoms with Crippen LogP contribution in [0.2, 0.25) is 0 Å². The van der Waals surface area contributed by atoms with Gasteiger partial charge in [-0.2, -0.15) is 0 Å². The van der Waals surface area contributed by atoms with Gasteiger partial charge < -0.3 is 0 Å². The van der Waals surface area contributed by atoms with Gasteiger partial charge in [-0.1, -0.05) is 64.3 Å². The van der Waals surface area contributed by atoms with Crippen LogP contribution in [0.15, 0.2) is 24.3 Å². The van der Waals surface area contributed by atoms with E-state index in [0.29, 0.717) is 5.78 Å². The van der Waals surface area contributed by atoms with Gasteiger partial charge in [-0.05, 0) is 31.2 Å². The molecule has 0 aliphatic rings. The minimum Gasteiger partial charge on any atom is -0.294 e. The van der Waals surface area contributed by atoms with Crippen molar-refractivity contribution in [3.63, 3.8) is 0 Å². The summed E-state index contributed by atoms with van der Waals surface area (Å²) in [6.07, 6.45) is 7.87. The Hall–Kier alpha value is -1.11. The molecule has 1 nitrogen and oxygen atoms in total. The predicted molar refractivity (Wildman–Crippen MR) is 82.7 cm³/mol. The molecule has 1 aromatic carbocycles. The number of unbranched alkanes of at least 4 members (excludes halogenated alkanes) is 2. The summed E-state index contributed by atoms with van der Waals surface area (Å²) in [5.74, 6) is 0.541. The minimum atomic E-state index is 0.210. The maximum Gasteiger partial charge on any atom is 0.165 e. The van der Waals surface area contributed by atoms with E-state index in [-0.39, 0.29) is 5.92 Å². The number of rotatable bonds is 9. The van der Waals surface area contributed by atoms with Crippen molar-refractivity contribution in [2.45, 2.75) is 65.7 Å². The third-order valence-corrected chi connectivity index (χ3v) is 3.83. The van der Waals surface area contributed by atoms with E-state index in [9.17, 15) is 4.79 Å². The quantitative estimate of drug-likeness (QED) is 0.541. The summed E-state index contributed by atoms with van der Waals surface area (Å²) in [6, 6.07) is 8.27. The number of carbonyl (C=O) groups excluding carboxylic acids is 1. The lowest BCUT2D eigenvalue weighted by molar-refractivity contribution is 0.0908. The summed E-state index contributed by atoms with van der Waals surface area (Å²) in [5, 5.41) is 0. The van der Waals surface area contributed by atoms with Crippen molar-refractivity contribution in [3.05, 3.63) is 35.4 Å². The second-order valence-electron chi connectivity index (χ2n) is 5.41. The number of Topliss-reactive ketones (excluding diaryl/α,β-unsaturated/α-hetero) is 1. The summed E-state index contributed by atoms with van der Waals surface area (Å²) in [6.45, 7) is 6.50. The number of hydrogen-bond donors (Lipinski definition) is 0. The van der Waals surface area contributed by atoms with Crippen LogP contribution < -0.4 is 0 Å². The summed E-state index contributed by atoms with van der Waals surface area (Å²) >= 11 is 0. The number of carbonyl (C=O) groups is 1. The third kappa shape index (κ3) is 5.18. The van der Waals surface area contributed by atoms with Crippen LogP contribution >= 0.6 is 0 Å². The Balaban J connectivity index is 2.65. The number of hydrogen-bond acceptors (Lipinski definition) is 1. The van der Waals surface area contributed by atoms with Gasteiger partial charge in [0.05, 0.1) is 0 Å². The predicted octanol–water partition coefficient (Wildman–Crippen LogP) is 5.43. The van der Waals surface area contributed by atoms with Gasteiger partial charge in [0.1, 0.15) is 0 Å². The first-order valence-corrected chi connectivity index (χ1v) is 7.86. The molecule has 1 heteroatoms. The summed E-state index contributed by atoms with van der Waals surface area (Å²) in [4.78, 5) is 12.4. The molecule has 1 aromatic rings. The first kappa shape index (κ1) is 15.9. The van der Waals surface area contributed by atoms with Crippen molar-refractivity contribution in [2.24, 2.45) is 5.92 Å². The maximum atomic E-state index is 12.4. The Kier molecular flexibility index (Phi) is 7.47. The Morgan fingerprint density at radius 1 is 1.00 bits per heavy atom. The summed E-state index contributed by atoms with van der Waals surface area (Å²) in [7, 11) is 0. The molecule has 1 atom stereocenters. The topological polar surface area (TPSA) is 17.1 Å². The molecule has 0 bridgehead atoms. The highest BCUT2D eigenvalue weighted by Crippen LogP contribution is 2.19. The molecule has 0 N–H and O–H groups in total. The van der Waals surface area contributed by atoms with Gasteiger partial charge in [0, 0.05) is 11.5 Å². The Morgan fingerprint density at radius 2 is 1.63 bits per heavy atom. The first-order chi connectivity index (χ1) is 9.22. The molecule has 19 heavy (non-hydrogen) atoms. The largest absolute Gasteiger partial charge is 0.294 e. The van der Waals surface area contributed by atoms with Crippen LogP contribution in [0.4, 0.5) is 0 Å². The zero-order chi connectivity index (χ0) is 14.1. The van der Waals surface area contributed by atoms with Gasteiger partial charge in [-0.15, -0.1) is 0 Å². The highest BCUT2D eigenvalue weighted by atomic mass is 16.1. The maximum absolute atomic E-state index is 12.4. The fourth-order valence-corrected chi connectivity index (χ4v) is 2.42. The second kappa shape index (κ2) is 8.90. The van der Waals surface area contributed by atoms with E-state index >= 15 is 0 Å². The molecular weight excluding hydrogens is 232 g/mol. The molecule has 0 fully saturated rings. The van der Waals surface area contributed by atoms with Crippen molar-refractivity contribution in [3.8, 4) is 0 Å². The molecule has 0 radical (unpaired) electrons. The van der Waals surface area contributed by atoms with Crippen molar-refractivity contribution in [1.29, 1.82) is 0 Å². The SMILES string of the molecule is CCCCc1ccc(C(=O)C(CC)CCCC)cc1. The molecule has 0 saturated carbocycles. The molecule has 0 aliphatic carbocycles. The van der Waals surface area contributed by atoms with E-state index in [1.165, 1.54) is 24.8 Å². The molecule has 0 saturated heterocycles. The standard InChI is InChI=1S/C18H28O/c1-4-7-9-15-11-13-17(14-12-15)18(19)16(6-3)10-8-5-2/h11-14,16H,4-10H2,1-3H3. The van der Waals surface area contributed by atoms with E-state index in [4.69, 9.17) is 0 Å².